The van der Waals surface area contributed by atoms with Gasteiger partial charge in [-0.2, -0.15) is 17.8 Å². The summed E-state index contributed by atoms with van der Waals surface area (Å²) in [7, 11) is -4.12. The quantitative estimate of drug-likeness (QED) is 0.149. The first-order chi connectivity index (χ1) is 18.6. The summed E-state index contributed by atoms with van der Waals surface area (Å²) in [6.07, 6.45) is 0.798. The minimum Gasteiger partial charge on any atom is -0.477 e. The van der Waals surface area contributed by atoms with Crippen LogP contribution >= 0.6 is 23.3 Å². The number of carbonyl (C=O) groups is 3. The smallest absolute Gasteiger partial charge is 0.352 e. The Balaban J connectivity index is 1.48. The van der Waals surface area contributed by atoms with Gasteiger partial charge in [0, 0.05) is 23.9 Å². The van der Waals surface area contributed by atoms with E-state index in [2.05, 4.69) is 19.8 Å². The molecule has 0 radical (unpaired) electrons. The molecule has 3 heterocycles. The molecule has 1 fully saturated rings. The number of carboxylic acids is 1. The zero-order valence-electron chi connectivity index (χ0n) is 20.4. The maximum atomic E-state index is 12.9. The second-order valence-electron chi connectivity index (χ2n) is 8.12. The number of carboxylic acid groups (broad SMARTS) is 1. The molecule has 2 aromatic rings. The topological polar surface area (TPSA) is 201 Å². The maximum absolute atomic E-state index is 12.9. The summed E-state index contributed by atoms with van der Waals surface area (Å²) >= 11 is 1.99. The van der Waals surface area contributed by atoms with Crippen LogP contribution in [0.3, 0.4) is 0 Å². The number of aromatic nitrogens is 2. The predicted molar refractivity (Wildman–Crippen MR) is 137 cm³/mol. The van der Waals surface area contributed by atoms with Crippen molar-refractivity contribution < 1.29 is 36.8 Å². The van der Waals surface area contributed by atoms with Crippen LogP contribution in [0.25, 0.3) is 0 Å². The summed E-state index contributed by atoms with van der Waals surface area (Å²) in [6.45, 7) is 3.60. The van der Waals surface area contributed by atoms with Crippen molar-refractivity contribution >= 4 is 56.3 Å². The third kappa shape index (κ3) is 5.85. The first-order valence-corrected chi connectivity index (χ1v) is 14.5. The highest BCUT2D eigenvalue weighted by Gasteiger charge is 2.54. The van der Waals surface area contributed by atoms with Gasteiger partial charge in [-0.05, 0) is 37.6 Å². The van der Waals surface area contributed by atoms with Crippen LogP contribution in [-0.4, -0.2) is 69.3 Å². The van der Waals surface area contributed by atoms with Gasteiger partial charge in [0.25, 0.3) is 11.8 Å². The van der Waals surface area contributed by atoms with Crippen LogP contribution in [0.2, 0.25) is 0 Å². The van der Waals surface area contributed by atoms with E-state index in [4.69, 9.17) is 14.5 Å². The molecule has 14 nitrogen and oxygen atoms in total. The van der Waals surface area contributed by atoms with E-state index in [1.807, 2.05) is 0 Å². The molecule has 0 saturated carbocycles. The van der Waals surface area contributed by atoms with Crippen molar-refractivity contribution in [2.24, 2.45) is 5.11 Å². The number of ether oxygens (including phenoxy) is 1. The number of β-lactam (4-membered cyclic amide) rings is 1. The van der Waals surface area contributed by atoms with Gasteiger partial charge < -0.3 is 19.3 Å². The number of carbonyl (C=O) groups excluding carboxylic acids is 2. The number of rotatable bonds is 11. The number of nitrogens with one attached hydrogen (secondary N) is 2. The van der Waals surface area contributed by atoms with Gasteiger partial charge in [0.2, 0.25) is 5.13 Å². The highest BCUT2D eigenvalue weighted by Crippen LogP contribution is 2.41. The number of hydrogen-bond acceptors (Lipinski definition) is 13. The van der Waals surface area contributed by atoms with Gasteiger partial charge in [-0.1, -0.05) is 17.7 Å². The Hall–Kier alpha value is -3.67. The Kier molecular flexibility index (Phi) is 8.43. The van der Waals surface area contributed by atoms with Gasteiger partial charge in [-0.25, -0.2) is 10.3 Å². The normalized spacial score (nSPS) is 19.8. The van der Waals surface area contributed by atoms with Crippen LogP contribution in [0.5, 0.6) is 0 Å². The molecule has 0 spiro atoms. The van der Waals surface area contributed by atoms with Gasteiger partial charge in [0.1, 0.15) is 28.3 Å². The van der Waals surface area contributed by atoms with Gasteiger partial charge >= 0.3 is 16.1 Å². The number of aliphatic carboxylic acids is 1. The minimum atomic E-state index is -4.12. The highest BCUT2D eigenvalue weighted by atomic mass is 32.2. The summed E-state index contributed by atoms with van der Waals surface area (Å²) in [5.74, 6) is -2.68. The minimum absolute atomic E-state index is 0.00981. The first-order valence-electron chi connectivity index (χ1n) is 11.3. The molecule has 3 atom stereocenters. The number of nitrogens with zero attached hydrogens (tertiary/aromatic N) is 4. The second kappa shape index (κ2) is 11.6. The first kappa shape index (κ1) is 28.3. The van der Waals surface area contributed by atoms with Gasteiger partial charge in [0.05, 0.1) is 0 Å². The summed E-state index contributed by atoms with van der Waals surface area (Å²) in [5.41, 5.74) is 7.70. The SMILES string of the molecule is CCOC(C(=O)NC1C(=O)N2C(C(=O)O)=C(C=COS(=O)(=O)c3ccc(C)cc3)CS[C@H]12)c1nsc(N=N)n1. The Morgan fingerprint density at radius 2 is 2.08 bits per heavy atom. The molecule has 2 amide bonds. The van der Waals surface area contributed by atoms with E-state index in [-0.39, 0.29) is 39.5 Å². The average molecular weight is 595 g/mol. The fourth-order valence-electron chi connectivity index (χ4n) is 3.76. The van der Waals surface area contributed by atoms with E-state index >= 15 is 0 Å². The van der Waals surface area contributed by atoms with E-state index in [0.29, 0.717) is 0 Å². The highest BCUT2D eigenvalue weighted by molar-refractivity contribution is 8.00. The summed E-state index contributed by atoms with van der Waals surface area (Å²) in [4.78, 5) is 42.8. The lowest BCUT2D eigenvalue weighted by atomic mass is 10.0. The largest absolute Gasteiger partial charge is 0.477 e. The van der Waals surface area contributed by atoms with Crippen LogP contribution < -0.4 is 5.32 Å². The van der Waals surface area contributed by atoms with Crippen molar-refractivity contribution in [1.29, 1.82) is 5.53 Å². The Morgan fingerprint density at radius 1 is 1.36 bits per heavy atom. The molecular formula is C22H22N6O8S3. The van der Waals surface area contributed by atoms with Crippen molar-refractivity contribution in [2.75, 3.05) is 12.4 Å². The third-order valence-corrected chi connectivity index (χ3v) is 8.73. The number of fused-ring (bicyclic) bond motifs is 1. The van der Waals surface area contributed by atoms with E-state index < -0.39 is 45.4 Å². The standard InChI is InChI=1S/C22H22N6O8S3/c1-3-35-16(17-25-22(26-23)38-27-17)18(29)24-14-19(30)28-15(21(31)32)12(10-37-20(14)28)8-9-36-39(33,34)13-6-4-11(2)5-7-13/h4-9,14,16,20,23H,3,10H2,1-2H3,(H,24,29)(H,31,32)/t14?,16?,20-/m1/s1. The van der Waals surface area contributed by atoms with E-state index in [1.165, 1.54) is 30.0 Å². The van der Waals surface area contributed by atoms with Gasteiger partial charge in [-0.15, -0.1) is 16.9 Å². The lowest BCUT2D eigenvalue weighted by molar-refractivity contribution is -0.152. The van der Waals surface area contributed by atoms with Crippen molar-refractivity contribution in [1.82, 2.24) is 19.6 Å². The lowest BCUT2D eigenvalue weighted by Gasteiger charge is -2.49. The monoisotopic (exact) mass is 594 g/mol. The van der Waals surface area contributed by atoms with Crippen LogP contribution in [0, 0.1) is 12.5 Å². The van der Waals surface area contributed by atoms with Crippen molar-refractivity contribution in [3.63, 3.8) is 0 Å². The molecule has 206 valence electrons. The molecule has 1 aromatic carbocycles. The Labute approximate surface area is 230 Å². The summed E-state index contributed by atoms with van der Waals surface area (Å²) in [5, 5.41) is 14.9. The summed E-state index contributed by atoms with van der Waals surface area (Å²) < 4.78 is 39.1. The number of aryl methyl sites for hydroxylation is 1. The van der Waals surface area contributed by atoms with Crippen LogP contribution in [-0.2, 0) is 33.4 Å². The van der Waals surface area contributed by atoms with E-state index in [1.54, 1.807) is 26.0 Å². The molecule has 17 heteroatoms. The fraction of sp³-hybridized carbons (Fsp3) is 0.318. The maximum Gasteiger partial charge on any atom is 0.352 e. The zero-order chi connectivity index (χ0) is 28.3. The van der Waals surface area contributed by atoms with Crippen LogP contribution in [0.4, 0.5) is 5.13 Å². The molecule has 1 saturated heterocycles. The lowest BCUT2D eigenvalue weighted by Crippen LogP contribution is -2.70. The molecule has 39 heavy (non-hydrogen) atoms. The second-order valence-corrected chi connectivity index (χ2v) is 11.5. The summed E-state index contributed by atoms with van der Waals surface area (Å²) in [6, 6.07) is 4.96. The number of hydrogen-bond donors (Lipinski definition) is 3. The molecule has 3 N–H and O–H groups in total. The molecule has 1 aromatic heterocycles. The molecule has 2 aliphatic heterocycles. The Morgan fingerprint density at radius 3 is 2.69 bits per heavy atom. The van der Waals surface area contributed by atoms with Crippen LogP contribution in [0.15, 0.2) is 57.9 Å². The van der Waals surface area contributed by atoms with Gasteiger partial charge in [0.15, 0.2) is 11.9 Å². The fourth-order valence-corrected chi connectivity index (χ4v) is 6.34. The molecule has 0 aliphatic carbocycles. The molecule has 0 bridgehead atoms. The van der Waals surface area contributed by atoms with E-state index in [9.17, 15) is 27.9 Å². The molecular weight excluding hydrogens is 572 g/mol. The number of amides is 2. The number of benzene rings is 1. The molecule has 2 unspecified atom stereocenters. The molecule has 2 aliphatic rings. The molecule has 4 rings (SSSR count). The number of allylic oxidation sites excluding steroid dienone is 1. The third-order valence-electron chi connectivity index (χ3n) is 5.59. The Bertz CT molecular complexity index is 1470. The van der Waals surface area contributed by atoms with Crippen LogP contribution in [0.1, 0.15) is 24.4 Å². The zero-order valence-corrected chi connectivity index (χ0v) is 22.9. The van der Waals surface area contributed by atoms with E-state index in [0.717, 1.165) is 28.3 Å². The number of thioether (sulfide) groups is 1. The van der Waals surface area contributed by atoms with Crippen molar-refractivity contribution in [3.05, 3.63) is 59.3 Å². The van der Waals surface area contributed by atoms with Crippen molar-refractivity contribution in [3.8, 4) is 0 Å². The average Bonchev–Trinajstić information content (AvgIpc) is 3.38. The predicted octanol–water partition coefficient (Wildman–Crippen LogP) is 2.24. The van der Waals surface area contributed by atoms with Gasteiger partial charge in [-0.3, -0.25) is 14.5 Å². The van der Waals surface area contributed by atoms with Crippen molar-refractivity contribution in [2.45, 2.75) is 36.3 Å².